The molecule has 3 nitrogen and oxygen atoms in total. The average Bonchev–Trinajstić information content (AvgIpc) is 3.24. The van der Waals surface area contributed by atoms with Gasteiger partial charge in [0.25, 0.3) is 0 Å². The van der Waals surface area contributed by atoms with Gasteiger partial charge in [-0.15, -0.1) is 0 Å². The molecule has 0 bridgehead atoms. The number of hydrogen-bond donors (Lipinski definition) is 1. The van der Waals surface area contributed by atoms with Crippen molar-refractivity contribution in [1.29, 1.82) is 0 Å². The van der Waals surface area contributed by atoms with E-state index < -0.39 is 0 Å². The van der Waals surface area contributed by atoms with Crippen molar-refractivity contribution in [3.63, 3.8) is 0 Å². The van der Waals surface area contributed by atoms with E-state index in [-0.39, 0.29) is 5.54 Å². The first-order valence-electron chi connectivity index (χ1n) is 7.56. The highest BCUT2D eigenvalue weighted by molar-refractivity contribution is 7.16. The molecule has 1 aromatic carbocycles. The van der Waals surface area contributed by atoms with Crippen LogP contribution in [0.1, 0.15) is 17.4 Å². The van der Waals surface area contributed by atoms with Crippen LogP contribution in [0.3, 0.4) is 0 Å². The highest BCUT2D eigenvalue weighted by atomic mass is 32.1. The van der Waals surface area contributed by atoms with E-state index in [9.17, 15) is 0 Å². The van der Waals surface area contributed by atoms with E-state index in [4.69, 9.17) is 5.73 Å². The van der Waals surface area contributed by atoms with Crippen LogP contribution in [0.15, 0.2) is 73.2 Å². The zero-order valence-electron chi connectivity index (χ0n) is 12.8. The first-order valence-corrected chi connectivity index (χ1v) is 8.37. The van der Waals surface area contributed by atoms with Crippen LogP contribution in [0.2, 0.25) is 0 Å². The lowest BCUT2D eigenvalue weighted by Gasteiger charge is -2.35. The second kappa shape index (κ2) is 5.25. The van der Waals surface area contributed by atoms with Gasteiger partial charge in [-0.05, 0) is 24.1 Å². The summed E-state index contributed by atoms with van der Waals surface area (Å²) < 4.78 is 0. The van der Waals surface area contributed by atoms with Crippen molar-refractivity contribution in [1.82, 2.24) is 9.88 Å². The minimum Gasteiger partial charge on any atom is -0.375 e. The van der Waals surface area contributed by atoms with Crippen LogP contribution >= 0.6 is 11.3 Å². The Morgan fingerprint density at radius 2 is 2.00 bits per heavy atom. The van der Waals surface area contributed by atoms with E-state index in [1.54, 1.807) is 0 Å². The molecular formula is C19H17N3S. The molecule has 0 unspecified atom stereocenters. The van der Waals surface area contributed by atoms with Crippen LogP contribution in [0.5, 0.6) is 0 Å². The summed E-state index contributed by atoms with van der Waals surface area (Å²) in [6.45, 7) is 2.04. The molecule has 1 aliphatic heterocycles. The van der Waals surface area contributed by atoms with Crippen molar-refractivity contribution in [2.24, 2.45) is 0 Å². The summed E-state index contributed by atoms with van der Waals surface area (Å²) in [6.07, 6.45) is 14.9. The molecule has 0 radical (unpaired) electrons. The minimum atomic E-state index is -0.131. The zero-order valence-corrected chi connectivity index (χ0v) is 13.6. The van der Waals surface area contributed by atoms with Gasteiger partial charge in [0.2, 0.25) is 0 Å². The number of nitrogen functional groups attached to an aromatic ring is 1. The van der Waals surface area contributed by atoms with Crippen LogP contribution < -0.4 is 5.73 Å². The summed E-state index contributed by atoms with van der Waals surface area (Å²) in [5.74, 6) is 0. The fourth-order valence-electron chi connectivity index (χ4n) is 2.95. The van der Waals surface area contributed by atoms with Gasteiger partial charge in [-0.25, -0.2) is 4.98 Å². The first-order chi connectivity index (χ1) is 11.2. The summed E-state index contributed by atoms with van der Waals surface area (Å²) in [5, 5.41) is 0.595. The molecule has 1 aliphatic carbocycles. The molecule has 2 N–H and O–H groups in total. The predicted molar refractivity (Wildman–Crippen MR) is 97.4 cm³/mol. The Balaban J connectivity index is 1.85. The predicted octanol–water partition coefficient (Wildman–Crippen LogP) is 4.31. The largest absolute Gasteiger partial charge is 0.375 e. The van der Waals surface area contributed by atoms with Crippen molar-refractivity contribution in [2.45, 2.75) is 12.5 Å². The van der Waals surface area contributed by atoms with Crippen molar-refractivity contribution < 1.29 is 0 Å². The van der Waals surface area contributed by atoms with Gasteiger partial charge in [-0.2, -0.15) is 0 Å². The molecule has 1 spiro atoms. The quantitative estimate of drug-likeness (QED) is 0.857. The SMILES string of the molecule is C/C=C\N1C=C(c2cnc(N)s2)C=C(c2ccccc2)C12C=C2. The zero-order chi connectivity index (χ0) is 15.9. The standard InChI is InChI=1S/C19H17N3S/c1-2-10-22-13-15(17-12-21-18(20)23-17)11-16(19(22)8-9-19)14-6-4-3-5-7-14/h2-13H,1H3,(H2,20,21)/b10-2-. The highest BCUT2D eigenvalue weighted by Crippen LogP contribution is 2.49. The van der Waals surface area contributed by atoms with Crippen LogP contribution in [0, 0.1) is 0 Å². The molecule has 23 heavy (non-hydrogen) atoms. The molecule has 2 aromatic rings. The number of thiazole rings is 1. The Morgan fingerprint density at radius 1 is 1.22 bits per heavy atom. The number of aromatic nitrogens is 1. The maximum atomic E-state index is 5.81. The molecule has 4 heteroatoms. The maximum absolute atomic E-state index is 5.81. The Kier molecular flexibility index (Phi) is 3.20. The molecule has 0 atom stereocenters. The van der Waals surface area contributed by atoms with Crippen molar-refractivity contribution >= 4 is 27.6 Å². The van der Waals surface area contributed by atoms with E-state index in [1.807, 2.05) is 19.2 Å². The molecule has 0 fully saturated rings. The number of nitrogens with zero attached hydrogens (tertiary/aromatic N) is 2. The van der Waals surface area contributed by atoms with Gasteiger partial charge in [0, 0.05) is 24.2 Å². The average molecular weight is 319 g/mol. The summed E-state index contributed by atoms with van der Waals surface area (Å²) >= 11 is 1.51. The van der Waals surface area contributed by atoms with Gasteiger partial charge in [-0.3, -0.25) is 0 Å². The highest BCUT2D eigenvalue weighted by Gasteiger charge is 2.44. The molecular weight excluding hydrogens is 302 g/mol. The maximum Gasteiger partial charge on any atom is 0.180 e. The Morgan fingerprint density at radius 3 is 2.61 bits per heavy atom. The molecule has 0 saturated heterocycles. The normalized spacial score (nSPS) is 18.4. The summed E-state index contributed by atoms with van der Waals surface area (Å²) in [6, 6.07) is 10.5. The minimum absolute atomic E-state index is 0.131. The van der Waals surface area contributed by atoms with Gasteiger partial charge in [-0.1, -0.05) is 59.9 Å². The van der Waals surface area contributed by atoms with Crippen LogP contribution in [-0.4, -0.2) is 15.4 Å². The Hall–Kier alpha value is -2.59. The molecule has 0 amide bonds. The van der Waals surface area contributed by atoms with Crippen molar-refractivity contribution in [3.05, 3.63) is 83.7 Å². The topological polar surface area (TPSA) is 42.2 Å². The van der Waals surface area contributed by atoms with Crippen molar-refractivity contribution in [3.8, 4) is 0 Å². The number of anilines is 1. The van der Waals surface area contributed by atoms with E-state index in [0.29, 0.717) is 5.13 Å². The molecule has 2 aliphatic rings. The summed E-state index contributed by atoms with van der Waals surface area (Å²) in [5.41, 5.74) is 9.32. The number of nitrogens with two attached hydrogens (primary N) is 1. The molecule has 114 valence electrons. The third-order valence-corrected chi connectivity index (χ3v) is 5.00. The second-order valence-corrected chi connectivity index (χ2v) is 6.68. The van der Waals surface area contributed by atoms with Gasteiger partial charge in [0.15, 0.2) is 5.13 Å². The Bertz CT molecular complexity index is 850. The van der Waals surface area contributed by atoms with E-state index in [0.717, 1.165) is 10.5 Å². The fraction of sp³-hybridized carbons (Fsp3) is 0.105. The smallest absolute Gasteiger partial charge is 0.180 e. The van der Waals surface area contributed by atoms with Crippen LogP contribution in [0.4, 0.5) is 5.13 Å². The van der Waals surface area contributed by atoms with Gasteiger partial charge in [0.1, 0.15) is 5.54 Å². The number of allylic oxidation sites excluding steroid dienone is 3. The lowest BCUT2D eigenvalue weighted by Crippen LogP contribution is -2.33. The number of rotatable bonds is 3. The van der Waals surface area contributed by atoms with E-state index in [1.165, 1.54) is 22.5 Å². The summed E-state index contributed by atoms with van der Waals surface area (Å²) in [7, 11) is 0. The molecule has 1 aromatic heterocycles. The Labute approximate surface area is 139 Å². The summed E-state index contributed by atoms with van der Waals surface area (Å²) in [4.78, 5) is 7.52. The third kappa shape index (κ3) is 2.32. The third-order valence-electron chi connectivity index (χ3n) is 4.12. The van der Waals surface area contributed by atoms with Gasteiger partial charge >= 0.3 is 0 Å². The van der Waals surface area contributed by atoms with Crippen molar-refractivity contribution in [2.75, 3.05) is 5.73 Å². The molecule has 2 heterocycles. The van der Waals surface area contributed by atoms with Gasteiger partial charge in [0.05, 0.1) is 4.88 Å². The van der Waals surface area contributed by atoms with Crippen LogP contribution in [0.25, 0.3) is 11.1 Å². The lowest BCUT2D eigenvalue weighted by atomic mass is 9.89. The lowest BCUT2D eigenvalue weighted by molar-refractivity contribution is 0.449. The first kappa shape index (κ1) is 14.0. The molecule has 4 rings (SSSR count). The second-order valence-electron chi connectivity index (χ2n) is 5.62. The number of benzene rings is 1. The molecule has 0 saturated carbocycles. The van der Waals surface area contributed by atoms with E-state index >= 15 is 0 Å². The van der Waals surface area contributed by atoms with E-state index in [2.05, 4.69) is 70.9 Å². The number of hydrogen-bond acceptors (Lipinski definition) is 4. The van der Waals surface area contributed by atoms with Crippen LogP contribution in [-0.2, 0) is 0 Å². The fourth-order valence-corrected chi connectivity index (χ4v) is 3.62. The monoisotopic (exact) mass is 319 g/mol. The van der Waals surface area contributed by atoms with Gasteiger partial charge < -0.3 is 10.6 Å².